The number of halogens is 1. The van der Waals surface area contributed by atoms with E-state index in [1.807, 2.05) is 0 Å². The van der Waals surface area contributed by atoms with Crippen LogP contribution in [-0.2, 0) is 16.1 Å². The molecule has 0 aliphatic heterocycles. The van der Waals surface area contributed by atoms with Crippen LogP contribution in [0.5, 0.6) is 5.75 Å². The van der Waals surface area contributed by atoms with E-state index in [1.165, 1.54) is 41.3 Å². The third-order valence-electron chi connectivity index (χ3n) is 4.26. The number of rotatable bonds is 7. The van der Waals surface area contributed by atoms with Crippen LogP contribution < -0.4 is 15.6 Å². The summed E-state index contributed by atoms with van der Waals surface area (Å²) >= 11 is 7.34. The van der Waals surface area contributed by atoms with Crippen molar-refractivity contribution in [3.8, 4) is 5.75 Å². The minimum absolute atomic E-state index is 0.0709. The van der Waals surface area contributed by atoms with Crippen LogP contribution in [0.25, 0.3) is 10.2 Å². The lowest BCUT2D eigenvalue weighted by Gasteiger charge is -2.18. The number of hydrogen-bond donors (Lipinski definition) is 1. The van der Waals surface area contributed by atoms with Crippen molar-refractivity contribution in [1.82, 2.24) is 14.5 Å². The molecule has 0 saturated carbocycles. The van der Waals surface area contributed by atoms with Gasteiger partial charge in [0.25, 0.3) is 5.56 Å². The van der Waals surface area contributed by atoms with E-state index in [4.69, 9.17) is 16.3 Å². The standard InChI is InChI=1S/C19H19ClN4O4S/c1-23(10-16(25)22-14-9-12(20)3-4-15(14)28-2)17(26)5-7-24-11-21-18-13(19(24)27)6-8-29-18/h3-4,6,8-9,11H,5,7,10H2,1-2H3,(H,22,25). The van der Waals surface area contributed by atoms with Gasteiger partial charge in [-0.2, -0.15) is 0 Å². The first-order valence-electron chi connectivity index (χ1n) is 8.69. The molecule has 2 aromatic heterocycles. The van der Waals surface area contributed by atoms with Gasteiger partial charge >= 0.3 is 0 Å². The molecule has 152 valence electrons. The summed E-state index contributed by atoms with van der Waals surface area (Å²) in [5.74, 6) is -0.192. The van der Waals surface area contributed by atoms with Gasteiger partial charge in [0.15, 0.2) is 0 Å². The summed E-state index contributed by atoms with van der Waals surface area (Å²) in [6, 6.07) is 6.58. The van der Waals surface area contributed by atoms with Crippen LogP contribution in [-0.4, -0.2) is 47.0 Å². The highest BCUT2D eigenvalue weighted by molar-refractivity contribution is 7.16. The molecule has 29 heavy (non-hydrogen) atoms. The van der Waals surface area contributed by atoms with Gasteiger partial charge in [-0.25, -0.2) is 4.98 Å². The summed E-state index contributed by atoms with van der Waals surface area (Å²) in [6.45, 7) is 0.0374. The van der Waals surface area contributed by atoms with E-state index in [2.05, 4.69) is 10.3 Å². The predicted molar refractivity (Wildman–Crippen MR) is 113 cm³/mol. The number of amides is 2. The number of fused-ring (bicyclic) bond motifs is 1. The first-order valence-corrected chi connectivity index (χ1v) is 9.95. The van der Waals surface area contributed by atoms with Crippen molar-refractivity contribution in [3.05, 3.63) is 51.3 Å². The highest BCUT2D eigenvalue weighted by Crippen LogP contribution is 2.27. The Morgan fingerprint density at radius 2 is 2.14 bits per heavy atom. The van der Waals surface area contributed by atoms with E-state index in [-0.39, 0.29) is 36.9 Å². The summed E-state index contributed by atoms with van der Waals surface area (Å²) in [6.07, 6.45) is 1.51. The lowest BCUT2D eigenvalue weighted by molar-refractivity contribution is -0.133. The zero-order chi connectivity index (χ0) is 21.0. The number of methoxy groups -OCH3 is 1. The van der Waals surface area contributed by atoms with E-state index < -0.39 is 0 Å². The zero-order valence-corrected chi connectivity index (χ0v) is 17.4. The van der Waals surface area contributed by atoms with Crippen LogP contribution in [0.2, 0.25) is 5.02 Å². The molecule has 8 nitrogen and oxygen atoms in total. The maximum atomic E-state index is 12.4. The molecule has 2 heterocycles. The van der Waals surface area contributed by atoms with Crippen molar-refractivity contribution in [2.45, 2.75) is 13.0 Å². The molecular formula is C19H19ClN4O4S. The number of anilines is 1. The number of nitrogens with zero attached hydrogens (tertiary/aromatic N) is 3. The number of carbonyl (C=O) groups is 2. The average Bonchev–Trinajstić information content (AvgIpc) is 3.17. The first-order chi connectivity index (χ1) is 13.9. The quantitative estimate of drug-likeness (QED) is 0.617. The second-order valence-electron chi connectivity index (χ2n) is 6.28. The van der Waals surface area contributed by atoms with Crippen molar-refractivity contribution < 1.29 is 14.3 Å². The molecule has 0 bridgehead atoms. The third kappa shape index (κ3) is 4.93. The van der Waals surface area contributed by atoms with Gasteiger partial charge in [0, 0.05) is 25.0 Å². The summed E-state index contributed by atoms with van der Waals surface area (Å²) in [7, 11) is 3.01. The number of likely N-dealkylation sites (N-methyl/N-ethyl adjacent to an activating group) is 1. The fraction of sp³-hybridized carbons (Fsp3) is 0.263. The van der Waals surface area contributed by atoms with Gasteiger partial charge in [-0.3, -0.25) is 19.0 Å². The molecule has 0 atom stereocenters. The monoisotopic (exact) mass is 434 g/mol. The van der Waals surface area contributed by atoms with Gasteiger partial charge in [-0.1, -0.05) is 11.6 Å². The van der Waals surface area contributed by atoms with Gasteiger partial charge in [0.2, 0.25) is 11.8 Å². The molecule has 0 fully saturated rings. The van der Waals surface area contributed by atoms with Gasteiger partial charge < -0.3 is 15.0 Å². The Kier molecular flexibility index (Phi) is 6.50. The smallest absolute Gasteiger partial charge is 0.262 e. The number of aromatic nitrogens is 2. The molecule has 10 heteroatoms. The summed E-state index contributed by atoms with van der Waals surface area (Å²) in [5.41, 5.74) is 0.241. The molecule has 0 unspecified atom stereocenters. The molecule has 1 N–H and O–H groups in total. The van der Waals surface area contributed by atoms with Crippen LogP contribution in [0.4, 0.5) is 5.69 Å². The van der Waals surface area contributed by atoms with Crippen LogP contribution in [0, 0.1) is 0 Å². The van der Waals surface area contributed by atoms with Crippen LogP contribution >= 0.6 is 22.9 Å². The maximum absolute atomic E-state index is 12.4. The second kappa shape index (κ2) is 9.06. The average molecular weight is 435 g/mol. The topological polar surface area (TPSA) is 93.5 Å². The number of thiophene rings is 1. The van der Waals surface area contributed by atoms with Gasteiger partial charge in [0.05, 0.1) is 31.1 Å². The SMILES string of the molecule is COc1ccc(Cl)cc1NC(=O)CN(C)C(=O)CCn1cnc2sccc2c1=O. The summed E-state index contributed by atoms with van der Waals surface area (Å²) in [5, 5.41) is 5.47. The zero-order valence-electron chi connectivity index (χ0n) is 15.8. The van der Waals surface area contributed by atoms with Crippen LogP contribution in [0.1, 0.15) is 6.42 Å². The lowest BCUT2D eigenvalue weighted by Crippen LogP contribution is -2.36. The first kappa shape index (κ1) is 20.8. The van der Waals surface area contributed by atoms with E-state index in [1.54, 1.807) is 29.6 Å². The van der Waals surface area contributed by atoms with Gasteiger partial charge in [0.1, 0.15) is 10.6 Å². The third-order valence-corrected chi connectivity index (χ3v) is 5.31. The number of carbonyl (C=O) groups excluding carboxylic acids is 2. The van der Waals surface area contributed by atoms with Crippen molar-refractivity contribution in [2.75, 3.05) is 26.0 Å². The van der Waals surface area contributed by atoms with E-state index in [0.717, 1.165) is 0 Å². The Morgan fingerprint density at radius 3 is 2.90 bits per heavy atom. The number of aryl methyl sites for hydroxylation is 1. The second-order valence-corrected chi connectivity index (χ2v) is 7.61. The number of nitrogens with one attached hydrogen (secondary N) is 1. The Labute approximate surface area is 175 Å². The molecule has 3 aromatic rings. The predicted octanol–water partition coefficient (Wildman–Crippen LogP) is 2.61. The Hall–Kier alpha value is -2.91. The number of hydrogen-bond acceptors (Lipinski definition) is 6. The molecule has 0 saturated heterocycles. The van der Waals surface area contributed by atoms with Crippen molar-refractivity contribution in [3.63, 3.8) is 0 Å². The molecule has 2 amide bonds. The molecule has 0 aliphatic carbocycles. The fourth-order valence-electron chi connectivity index (χ4n) is 2.73. The molecule has 0 spiro atoms. The Morgan fingerprint density at radius 1 is 1.34 bits per heavy atom. The van der Waals surface area contributed by atoms with Gasteiger partial charge in [-0.05, 0) is 29.6 Å². The fourth-order valence-corrected chi connectivity index (χ4v) is 3.63. The summed E-state index contributed by atoms with van der Waals surface area (Å²) < 4.78 is 6.59. The maximum Gasteiger partial charge on any atom is 0.262 e. The molecule has 3 rings (SSSR count). The normalized spacial score (nSPS) is 10.7. The van der Waals surface area contributed by atoms with E-state index >= 15 is 0 Å². The number of benzene rings is 1. The molecular weight excluding hydrogens is 416 g/mol. The highest BCUT2D eigenvalue weighted by Gasteiger charge is 2.15. The minimum atomic E-state index is -0.389. The van der Waals surface area contributed by atoms with Crippen LogP contribution in [0.15, 0.2) is 40.8 Å². The molecule has 0 aliphatic rings. The van der Waals surface area contributed by atoms with Crippen molar-refractivity contribution in [1.29, 1.82) is 0 Å². The molecule has 1 aromatic carbocycles. The van der Waals surface area contributed by atoms with E-state index in [0.29, 0.717) is 26.7 Å². The Bertz CT molecular complexity index is 1110. The molecule has 0 radical (unpaired) electrons. The van der Waals surface area contributed by atoms with Crippen molar-refractivity contribution >= 4 is 50.7 Å². The van der Waals surface area contributed by atoms with Gasteiger partial charge in [-0.15, -0.1) is 11.3 Å². The Balaban J connectivity index is 1.57. The highest BCUT2D eigenvalue weighted by atomic mass is 35.5. The number of ether oxygens (including phenoxy) is 1. The minimum Gasteiger partial charge on any atom is -0.495 e. The van der Waals surface area contributed by atoms with Crippen molar-refractivity contribution in [2.24, 2.45) is 0 Å². The summed E-state index contributed by atoms with van der Waals surface area (Å²) in [4.78, 5) is 43.2. The van der Waals surface area contributed by atoms with E-state index in [9.17, 15) is 14.4 Å². The largest absolute Gasteiger partial charge is 0.495 e. The van der Waals surface area contributed by atoms with Crippen LogP contribution in [0.3, 0.4) is 0 Å². The lowest BCUT2D eigenvalue weighted by atomic mass is 10.3.